The van der Waals surface area contributed by atoms with E-state index in [1.165, 1.54) is 57.8 Å². The summed E-state index contributed by atoms with van der Waals surface area (Å²) >= 11 is 0. The van der Waals surface area contributed by atoms with E-state index in [4.69, 9.17) is 0 Å². The van der Waals surface area contributed by atoms with Crippen molar-refractivity contribution in [2.24, 2.45) is 28.6 Å². The van der Waals surface area contributed by atoms with Crippen molar-refractivity contribution in [2.45, 2.75) is 76.7 Å². The van der Waals surface area contributed by atoms with Crippen LogP contribution in [0.1, 0.15) is 71.1 Å². The van der Waals surface area contributed by atoms with E-state index in [1.54, 1.807) is 0 Å². The van der Waals surface area contributed by atoms with Crippen LogP contribution in [0.4, 0.5) is 0 Å². The predicted octanol–water partition coefficient (Wildman–Crippen LogP) is 3.51. The van der Waals surface area contributed by atoms with E-state index in [9.17, 15) is 10.2 Å². The molecule has 4 bridgehead atoms. The Bertz CT molecular complexity index is 380. The van der Waals surface area contributed by atoms with Gasteiger partial charge in [0.25, 0.3) is 0 Å². The molecular formula is C18H30O2. The molecule has 2 nitrogen and oxygen atoms in total. The fraction of sp³-hybridized carbons (Fsp3) is 1.00. The van der Waals surface area contributed by atoms with Crippen molar-refractivity contribution in [1.82, 2.24) is 0 Å². The molecule has 0 spiro atoms. The first-order chi connectivity index (χ1) is 9.49. The van der Waals surface area contributed by atoms with Gasteiger partial charge in [0, 0.05) is 12.0 Å². The third-order valence-electron chi connectivity index (χ3n) is 7.74. The molecule has 0 heterocycles. The third kappa shape index (κ3) is 1.70. The second-order valence-corrected chi connectivity index (χ2v) is 9.03. The van der Waals surface area contributed by atoms with Gasteiger partial charge in [-0.2, -0.15) is 0 Å². The van der Waals surface area contributed by atoms with Crippen LogP contribution in [-0.2, 0) is 0 Å². The highest BCUT2D eigenvalue weighted by Gasteiger charge is 2.64. The lowest BCUT2D eigenvalue weighted by Crippen LogP contribution is -2.63. The summed E-state index contributed by atoms with van der Waals surface area (Å²) in [5, 5.41) is 21.5. The fourth-order valence-corrected chi connectivity index (χ4v) is 7.15. The molecular weight excluding hydrogens is 248 g/mol. The van der Waals surface area contributed by atoms with Crippen LogP contribution in [0.3, 0.4) is 0 Å². The minimum Gasteiger partial charge on any atom is -0.396 e. The van der Waals surface area contributed by atoms with E-state index in [-0.39, 0.29) is 10.8 Å². The van der Waals surface area contributed by atoms with Crippen LogP contribution in [-0.4, -0.2) is 22.4 Å². The standard InChI is InChI=1S/C18H30O2/c1-16(20,15-4-2-3-5-15)18-9-13-6-14(10-18)8-17(7-13,11-18)12-19/h13-15,19-20H,2-12H2,1H3. The summed E-state index contributed by atoms with van der Waals surface area (Å²) in [4.78, 5) is 0. The molecule has 5 aliphatic carbocycles. The molecule has 0 aromatic rings. The normalized spacial score (nSPS) is 50.5. The second kappa shape index (κ2) is 4.23. The minimum absolute atomic E-state index is 0.120. The molecule has 2 heteroatoms. The Morgan fingerprint density at radius 2 is 1.65 bits per heavy atom. The van der Waals surface area contributed by atoms with E-state index < -0.39 is 5.60 Å². The van der Waals surface area contributed by atoms with E-state index in [1.807, 2.05) is 0 Å². The van der Waals surface area contributed by atoms with Crippen LogP contribution in [0.2, 0.25) is 0 Å². The molecule has 114 valence electrons. The Morgan fingerprint density at radius 3 is 2.20 bits per heavy atom. The second-order valence-electron chi connectivity index (χ2n) is 9.03. The zero-order valence-corrected chi connectivity index (χ0v) is 12.9. The monoisotopic (exact) mass is 278 g/mol. The van der Waals surface area contributed by atoms with E-state index in [0.717, 1.165) is 18.3 Å². The molecule has 3 unspecified atom stereocenters. The summed E-state index contributed by atoms with van der Waals surface area (Å²) < 4.78 is 0. The molecule has 0 radical (unpaired) electrons. The van der Waals surface area contributed by atoms with Gasteiger partial charge in [0.15, 0.2) is 0 Å². The van der Waals surface area contributed by atoms with Crippen molar-refractivity contribution in [2.75, 3.05) is 6.61 Å². The topological polar surface area (TPSA) is 40.5 Å². The Kier molecular flexibility index (Phi) is 2.87. The molecule has 20 heavy (non-hydrogen) atoms. The first-order valence-electron chi connectivity index (χ1n) is 8.82. The molecule has 2 N–H and O–H groups in total. The van der Waals surface area contributed by atoms with Crippen LogP contribution >= 0.6 is 0 Å². The highest BCUT2D eigenvalue weighted by atomic mass is 16.3. The summed E-state index contributed by atoms with van der Waals surface area (Å²) in [5.74, 6) is 2.06. The van der Waals surface area contributed by atoms with Crippen LogP contribution < -0.4 is 0 Å². The molecule has 5 saturated carbocycles. The smallest absolute Gasteiger partial charge is 0.0704 e. The van der Waals surface area contributed by atoms with Crippen LogP contribution in [0, 0.1) is 28.6 Å². The van der Waals surface area contributed by atoms with E-state index >= 15 is 0 Å². The molecule has 3 atom stereocenters. The summed E-state index contributed by atoms with van der Waals surface area (Å²) in [5.41, 5.74) is -0.219. The molecule has 0 saturated heterocycles. The molecule has 5 fully saturated rings. The minimum atomic E-state index is -0.498. The largest absolute Gasteiger partial charge is 0.396 e. The number of rotatable bonds is 3. The number of hydrogen-bond acceptors (Lipinski definition) is 2. The van der Waals surface area contributed by atoms with Gasteiger partial charge in [0.05, 0.1) is 5.60 Å². The van der Waals surface area contributed by atoms with Gasteiger partial charge in [0.2, 0.25) is 0 Å². The Labute approximate surface area is 123 Å². The third-order valence-corrected chi connectivity index (χ3v) is 7.74. The van der Waals surface area contributed by atoms with Crippen LogP contribution in [0.15, 0.2) is 0 Å². The van der Waals surface area contributed by atoms with Crippen molar-refractivity contribution in [1.29, 1.82) is 0 Å². The Hall–Kier alpha value is -0.0800. The highest BCUT2D eigenvalue weighted by molar-refractivity contribution is 5.14. The number of aliphatic hydroxyl groups excluding tert-OH is 1. The maximum Gasteiger partial charge on any atom is 0.0704 e. The first-order valence-corrected chi connectivity index (χ1v) is 8.82. The van der Waals surface area contributed by atoms with Crippen LogP contribution in [0.5, 0.6) is 0 Å². The zero-order chi connectivity index (χ0) is 14.0. The number of aliphatic hydroxyl groups is 2. The van der Waals surface area contributed by atoms with Gasteiger partial charge >= 0.3 is 0 Å². The lowest BCUT2D eigenvalue weighted by atomic mass is 9.40. The highest BCUT2D eigenvalue weighted by Crippen LogP contribution is 2.69. The van der Waals surface area contributed by atoms with Crippen molar-refractivity contribution < 1.29 is 10.2 Å². The summed E-state index contributed by atoms with van der Waals surface area (Å²) in [6.45, 7) is 2.50. The molecule has 0 aliphatic heterocycles. The lowest BCUT2D eigenvalue weighted by molar-refractivity contribution is -0.223. The number of hydrogen-bond donors (Lipinski definition) is 2. The predicted molar refractivity (Wildman–Crippen MR) is 79.2 cm³/mol. The lowest BCUT2D eigenvalue weighted by Gasteiger charge is -2.66. The van der Waals surface area contributed by atoms with Gasteiger partial charge in [-0.25, -0.2) is 0 Å². The van der Waals surface area contributed by atoms with Gasteiger partial charge in [-0.05, 0) is 81.5 Å². The van der Waals surface area contributed by atoms with Gasteiger partial charge in [-0.1, -0.05) is 12.8 Å². The average Bonchev–Trinajstić information content (AvgIpc) is 2.91. The molecule has 0 aromatic carbocycles. The Morgan fingerprint density at radius 1 is 1.05 bits per heavy atom. The molecule has 0 amide bonds. The maximum absolute atomic E-state index is 11.5. The quantitative estimate of drug-likeness (QED) is 0.829. The van der Waals surface area contributed by atoms with Crippen LogP contribution in [0.25, 0.3) is 0 Å². The van der Waals surface area contributed by atoms with Gasteiger partial charge in [-0.15, -0.1) is 0 Å². The average molecular weight is 278 g/mol. The Balaban J connectivity index is 1.69. The fourth-order valence-electron chi connectivity index (χ4n) is 7.15. The maximum atomic E-state index is 11.5. The van der Waals surface area contributed by atoms with Gasteiger partial charge in [-0.3, -0.25) is 0 Å². The summed E-state index contributed by atoms with van der Waals surface area (Å²) in [7, 11) is 0. The molecule has 0 aromatic heterocycles. The van der Waals surface area contributed by atoms with Gasteiger partial charge < -0.3 is 10.2 Å². The summed E-state index contributed by atoms with van der Waals surface area (Å²) in [6.07, 6.45) is 12.4. The first kappa shape index (κ1) is 13.6. The van der Waals surface area contributed by atoms with Crippen molar-refractivity contribution in [3.05, 3.63) is 0 Å². The molecule has 5 aliphatic rings. The molecule has 5 rings (SSSR count). The van der Waals surface area contributed by atoms with Crippen molar-refractivity contribution in [3.8, 4) is 0 Å². The van der Waals surface area contributed by atoms with E-state index in [2.05, 4.69) is 6.92 Å². The zero-order valence-electron chi connectivity index (χ0n) is 12.9. The summed E-state index contributed by atoms with van der Waals surface area (Å²) in [6, 6.07) is 0. The SMILES string of the molecule is CC(O)(C1CCCC1)C12CC3CC(CC(CO)(C3)C1)C2. The van der Waals surface area contributed by atoms with Crippen molar-refractivity contribution >= 4 is 0 Å². The van der Waals surface area contributed by atoms with Crippen molar-refractivity contribution in [3.63, 3.8) is 0 Å². The van der Waals surface area contributed by atoms with E-state index in [0.29, 0.717) is 12.5 Å². The van der Waals surface area contributed by atoms with Gasteiger partial charge in [0.1, 0.15) is 0 Å².